The van der Waals surface area contributed by atoms with Gasteiger partial charge in [-0.25, -0.2) is 0 Å². The number of rotatable bonds is 6. The first-order chi connectivity index (χ1) is 10.1. The molecule has 0 spiro atoms. The van der Waals surface area contributed by atoms with E-state index in [4.69, 9.17) is 26.8 Å². The molecule has 3 nitrogen and oxygen atoms in total. The van der Waals surface area contributed by atoms with Gasteiger partial charge in [0.05, 0.1) is 13.2 Å². The lowest BCUT2D eigenvalue weighted by molar-refractivity contribution is 0.246. The van der Waals surface area contributed by atoms with Crippen LogP contribution in [0.5, 0.6) is 11.5 Å². The molecule has 2 aromatic carbocycles. The highest BCUT2D eigenvalue weighted by atomic mass is 35.5. The fourth-order valence-electron chi connectivity index (χ4n) is 1.99. The van der Waals surface area contributed by atoms with Crippen molar-refractivity contribution in [3.8, 4) is 11.5 Å². The van der Waals surface area contributed by atoms with Gasteiger partial charge in [0.1, 0.15) is 11.5 Å². The van der Waals surface area contributed by atoms with Crippen molar-refractivity contribution >= 4 is 17.3 Å². The third-order valence-electron chi connectivity index (χ3n) is 3.27. The topological polar surface area (TPSA) is 44.5 Å². The monoisotopic (exact) mass is 305 g/mol. The van der Waals surface area contributed by atoms with Crippen molar-refractivity contribution in [1.82, 2.24) is 0 Å². The molecular weight excluding hydrogens is 286 g/mol. The minimum atomic E-state index is 0.594. The Morgan fingerprint density at radius 3 is 2.43 bits per heavy atom. The number of benzene rings is 2. The van der Waals surface area contributed by atoms with Gasteiger partial charge in [0.2, 0.25) is 0 Å². The van der Waals surface area contributed by atoms with E-state index in [-0.39, 0.29) is 0 Å². The molecule has 0 unspecified atom stereocenters. The summed E-state index contributed by atoms with van der Waals surface area (Å²) in [4.78, 5) is 0. The largest absolute Gasteiger partial charge is 0.493 e. The summed E-state index contributed by atoms with van der Waals surface area (Å²) in [5.74, 6) is 1.69. The highest BCUT2D eigenvalue weighted by Crippen LogP contribution is 2.23. The van der Waals surface area contributed by atoms with Gasteiger partial charge in [-0.2, -0.15) is 0 Å². The minimum absolute atomic E-state index is 0.594. The maximum Gasteiger partial charge on any atom is 0.124 e. The average Bonchev–Trinajstić information content (AvgIpc) is 2.45. The molecule has 2 N–H and O–H groups in total. The predicted molar refractivity (Wildman–Crippen MR) is 87.4 cm³/mol. The maximum absolute atomic E-state index is 5.91. The smallest absolute Gasteiger partial charge is 0.124 e. The minimum Gasteiger partial charge on any atom is -0.493 e. The van der Waals surface area contributed by atoms with E-state index >= 15 is 0 Å². The second kappa shape index (κ2) is 7.23. The van der Waals surface area contributed by atoms with Crippen LogP contribution in [-0.2, 0) is 0 Å². The van der Waals surface area contributed by atoms with Gasteiger partial charge in [0, 0.05) is 22.7 Å². The number of nitrogens with two attached hydrogens (primary N) is 1. The molecule has 0 heterocycles. The summed E-state index contributed by atoms with van der Waals surface area (Å²) >= 11 is 5.91. The zero-order chi connectivity index (χ0) is 15.2. The fraction of sp³-hybridized carbons (Fsp3) is 0.294. The Balaban J connectivity index is 1.76. The van der Waals surface area contributed by atoms with E-state index in [1.807, 2.05) is 50.2 Å². The third kappa shape index (κ3) is 4.30. The van der Waals surface area contributed by atoms with Gasteiger partial charge in [-0.15, -0.1) is 0 Å². The molecular formula is C17H20ClNO2. The Kier molecular flexibility index (Phi) is 5.34. The first-order valence-electron chi connectivity index (χ1n) is 6.95. The van der Waals surface area contributed by atoms with E-state index in [9.17, 15) is 0 Å². The first-order valence-corrected chi connectivity index (χ1v) is 7.32. The van der Waals surface area contributed by atoms with Gasteiger partial charge >= 0.3 is 0 Å². The molecule has 0 aromatic heterocycles. The Bertz CT molecular complexity index is 614. The molecule has 0 fully saturated rings. The molecule has 0 atom stereocenters. The molecule has 4 heteroatoms. The van der Waals surface area contributed by atoms with E-state index in [0.29, 0.717) is 13.2 Å². The number of halogens is 1. The molecule has 21 heavy (non-hydrogen) atoms. The lowest BCUT2D eigenvalue weighted by Gasteiger charge is -2.12. The second-order valence-electron chi connectivity index (χ2n) is 4.93. The number of hydrogen-bond donors (Lipinski definition) is 1. The third-order valence-corrected chi connectivity index (χ3v) is 3.50. The Morgan fingerprint density at radius 2 is 1.71 bits per heavy atom. The van der Waals surface area contributed by atoms with Crippen molar-refractivity contribution in [3.63, 3.8) is 0 Å². The van der Waals surface area contributed by atoms with Crippen LogP contribution in [0, 0.1) is 13.8 Å². The second-order valence-corrected chi connectivity index (χ2v) is 5.37. The molecule has 2 rings (SSSR count). The zero-order valence-corrected chi connectivity index (χ0v) is 13.1. The number of aryl methyl sites for hydroxylation is 1. The summed E-state index contributed by atoms with van der Waals surface area (Å²) in [7, 11) is 0. The molecule has 0 saturated heterocycles. The van der Waals surface area contributed by atoms with E-state index < -0.39 is 0 Å². The molecule has 0 saturated carbocycles. The molecule has 0 amide bonds. The van der Waals surface area contributed by atoms with E-state index in [2.05, 4.69) is 0 Å². The summed E-state index contributed by atoms with van der Waals surface area (Å²) in [6.07, 6.45) is 0.802. The number of nitrogen functional groups attached to an aromatic ring is 1. The highest BCUT2D eigenvalue weighted by Gasteiger charge is 2.03. The van der Waals surface area contributed by atoms with Crippen LogP contribution in [0.1, 0.15) is 17.5 Å². The number of ether oxygens (including phenoxy) is 2. The summed E-state index contributed by atoms with van der Waals surface area (Å²) < 4.78 is 11.4. The zero-order valence-electron chi connectivity index (χ0n) is 12.4. The van der Waals surface area contributed by atoms with Crippen LogP contribution in [0.3, 0.4) is 0 Å². The van der Waals surface area contributed by atoms with Crippen molar-refractivity contribution in [3.05, 3.63) is 52.5 Å². The van der Waals surface area contributed by atoms with Crippen LogP contribution >= 0.6 is 11.6 Å². The van der Waals surface area contributed by atoms with Crippen molar-refractivity contribution in [2.24, 2.45) is 0 Å². The SMILES string of the molecule is Cc1cc(Cl)ccc1OCCCOc1cccc(N)c1C. The molecule has 0 aliphatic rings. The summed E-state index contributed by atoms with van der Waals surface area (Å²) in [5.41, 5.74) is 8.61. The summed E-state index contributed by atoms with van der Waals surface area (Å²) in [5, 5.41) is 0.723. The quantitative estimate of drug-likeness (QED) is 0.636. The first kappa shape index (κ1) is 15.5. The molecule has 0 bridgehead atoms. The normalized spacial score (nSPS) is 10.4. The van der Waals surface area contributed by atoms with Crippen LogP contribution in [-0.4, -0.2) is 13.2 Å². The predicted octanol–water partition coefficient (Wildman–Crippen LogP) is 4.39. The maximum atomic E-state index is 5.91. The average molecular weight is 306 g/mol. The van der Waals surface area contributed by atoms with Crippen molar-refractivity contribution in [2.45, 2.75) is 20.3 Å². The van der Waals surface area contributed by atoms with Gasteiger partial charge in [0.15, 0.2) is 0 Å². The molecule has 0 aliphatic heterocycles. The number of hydrogen-bond acceptors (Lipinski definition) is 3. The van der Waals surface area contributed by atoms with Crippen LogP contribution in [0.15, 0.2) is 36.4 Å². The summed E-state index contributed by atoms with van der Waals surface area (Å²) in [6.45, 7) is 5.13. The van der Waals surface area contributed by atoms with Gasteiger partial charge < -0.3 is 15.2 Å². The van der Waals surface area contributed by atoms with Gasteiger partial charge in [0.25, 0.3) is 0 Å². The fourth-order valence-corrected chi connectivity index (χ4v) is 2.21. The van der Waals surface area contributed by atoms with Crippen molar-refractivity contribution in [1.29, 1.82) is 0 Å². The van der Waals surface area contributed by atoms with E-state index in [1.54, 1.807) is 0 Å². The lowest BCUT2D eigenvalue weighted by Crippen LogP contribution is -2.06. The summed E-state index contributed by atoms with van der Waals surface area (Å²) in [6, 6.07) is 11.3. The molecule has 0 radical (unpaired) electrons. The Hall–Kier alpha value is -1.87. The van der Waals surface area contributed by atoms with Gasteiger partial charge in [-0.05, 0) is 49.7 Å². The number of anilines is 1. The lowest BCUT2D eigenvalue weighted by atomic mass is 10.2. The van der Waals surface area contributed by atoms with E-state index in [1.165, 1.54) is 0 Å². The van der Waals surface area contributed by atoms with Crippen molar-refractivity contribution < 1.29 is 9.47 Å². The Labute approximate surface area is 130 Å². The van der Waals surface area contributed by atoms with Gasteiger partial charge in [-0.1, -0.05) is 17.7 Å². The Morgan fingerprint density at radius 1 is 1.00 bits per heavy atom. The van der Waals surface area contributed by atoms with Crippen molar-refractivity contribution in [2.75, 3.05) is 18.9 Å². The van der Waals surface area contributed by atoms with Gasteiger partial charge in [-0.3, -0.25) is 0 Å². The van der Waals surface area contributed by atoms with Crippen LogP contribution in [0.2, 0.25) is 5.02 Å². The standard InChI is InChI=1S/C17H20ClNO2/c1-12-11-14(18)7-8-16(12)20-9-4-10-21-17-6-3-5-15(19)13(17)2/h3,5-8,11H,4,9-10,19H2,1-2H3. The van der Waals surface area contributed by atoms with Crippen LogP contribution < -0.4 is 15.2 Å². The van der Waals surface area contributed by atoms with E-state index in [0.717, 1.165) is 39.8 Å². The van der Waals surface area contributed by atoms with Crippen LogP contribution in [0.4, 0.5) is 5.69 Å². The highest BCUT2D eigenvalue weighted by molar-refractivity contribution is 6.30. The molecule has 0 aliphatic carbocycles. The van der Waals surface area contributed by atoms with Crippen LogP contribution in [0.25, 0.3) is 0 Å². The molecule has 2 aromatic rings. The molecule has 112 valence electrons.